The van der Waals surface area contributed by atoms with Crippen LogP contribution < -0.4 is 5.32 Å². The molecule has 0 saturated heterocycles. The Morgan fingerprint density at radius 3 is 2.27 bits per heavy atom. The van der Waals surface area contributed by atoms with Gasteiger partial charge in [0.05, 0.1) is 0 Å². The van der Waals surface area contributed by atoms with Crippen molar-refractivity contribution in [3.8, 4) is 0 Å². The fourth-order valence-electron chi connectivity index (χ4n) is 1.46. The largest absolute Gasteiger partial charge is 0.310 e. The van der Waals surface area contributed by atoms with E-state index in [1.165, 1.54) is 12.0 Å². The lowest BCUT2D eigenvalue weighted by Gasteiger charge is -2.15. The van der Waals surface area contributed by atoms with Crippen molar-refractivity contribution in [2.75, 3.05) is 6.54 Å². The lowest BCUT2D eigenvalue weighted by molar-refractivity contribution is 0.497. The molecule has 1 unspecified atom stereocenters. The second-order valence-electron chi connectivity index (χ2n) is 4.41. The van der Waals surface area contributed by atoms with E-state index in [2.05, 4.69) is 66.3 Å². The van der Waals surface area contributed by atoms with Crippen molar-refractivity contribution in [1.29, 1.82) is 0 Å². The number of nitrogens with one attached hydrogen (secondary N) is 1. The molecular formula is C13H20BrN. The molecule has 1 nitrogen and oxygen atoms in total. The van der Waals surface area contributed by atoms with E-state index in [1.807, 2.05) is 0 Å². The number of hydrogen-bond acceptors (Lipinski definition) is 1. The summed E-state index contributed by atoms with van der Waals surface area (Å²) in [7, 11) is 0. The molecule has 0 aromatic heterocycles. The van der Waals surface area contributed by atoms with Crippen LogP contribution in [0.5, 0.6) is 0 Å². The number of hydrogen-bond donors (Lipinski definition) is 1. The summed E-state index contributed by atoms with van der Waals surface area (Å²) in [6, 6.07) is 8.96. The van der Waals surface area contributed by atoms with Gasteiger partial charge in [-0.1, -0.05) is 41.9 Å². The summed E-state index contributed by atoms with van der Waals surface area (Å²) >= 11 is 3.45. The van der Waals surface area contributed by atoms with Crippen LogP contribution in [0, 0.1) is 5.92 Å². The van der Waals surface area contributed by atoms with Crippen LogP contribution in [0.3, 0.4) is 0 Å². The topological polar surface area (TPSA) is 12.0 Å². The van der Waals surface area contributed by atoms with Crippen LogP contribution in [-0.4, -0.2) is 6.54 Å². The summed E-state index contributed by atoms with van der Waals surface area (Å²) in [4.78, 5) is 0. The van der Waals surface area contributed by atoms with Crippen molar-refractivity contribution in [2.45, 2.75) is 33.2 Å². The molecule has 1 rings (SSSR count). The van der Waals surface area contributed by atoms with Gasteiger partial charge >= 0.3 is 0 Å². The minimum absolute atomic E-state index is 0.442. The molecule has 0 saturated carbocycles. The molecule has 0 amide bonds. The predicted molar refractivity (Wildman–Crippen MR) is 70.0 cm³/mol. The molecule has 0 aliphatic heterocycles. The SMILES string of the molecule is CC(C)CCNC(C)c1ccc(Br)cc1. The Morgan fingerprint density at radius 2 is 1.73 bits per heavy atom. The molecule has 15 heavy (non-hydrogen) atoms. The number of halogens is 1. The van der Waals surface area contributed by atoms with E-state index < -0.39 is 0 Å². The predicted octanol–water partition coefficient (Wildman–Crippen LogP) is 4.15. The van der Waals surface area contributed by atoms with E-state index in [9.17, 15) is 0 Å². The van der Waals surface area contributed by atoms with E-state index in [-0.39, 0.29) is 0 Å². The molecule has 0 radical (unpaired) electrons. The minimum Gasteiger partial charge on any atom is -0.310 e. The zero-order valence-electron chi connectivity index (χ0n) is 9.76. The molecule has 0 aliphatic carbocycles. The second kappa shape index (κ2) is 6.29. The Kier molecular flexibility index (Phi) is 5.34. The van der Waals surface area contributed by atoms with Gasteiger partial charge in [-0.3, -0.25) is 0 Å². The van der Waals surface area contributed by atoms with Gasteiger partial charge in [-0.25, -0.2) is 0 Å². The molecule has 1 aromatic rings. The van der Waals surface area contributed by atoms with Gasteiger partial charge in [0.1, 0.15) is 0 Å². The van der Waals surface area contributed by atoms with Crippen LogP contribution in [0.15, 0.2) is 28.7 Å². The average Bonchev–Trinajstić information content (AvgIpc) is 2.18. The standard InChI is InChI=1S/C13H20BrN/c1-10(2)8-9-15-11(3)12-4-6-13(14)7-5-12/h4-7,10-11,15H,8-9H2,1-3H3. The fourth-order valence-corrected chi connectivity index (χ4v) is 1.72. The molecule has 0 bridgehead atoms. The van der Waals surface area contributed by atoms with Crippen molar-refractivity contribution in [1.82, 2.24) is 5.32 Å². The van der Waals surface area contributed by atoms with Crippen LogP contribution in [0.4, 0.5) is 0 Å². The molecule has 1 N–H and O–H groups in total. The Balaban J connectivity index is 2.40. The Bertz CT molecular complexity index is 279. The summed E-state index contributed by atoms with van der Waals surface area (Å²) < 4.78 is 1.14. The molecule has 1 atom stereocenters. The zero-order valence-corrected chi connectivity index (χ0v) is 11.3. The first kappa shape index (κ1) is 12.7. The normalized spacial score (nSPS) is 13.1. The highest BCUT2D eigenvalue weighted by atomic mass is 79.9. The highest BCUT2D eigenvalue weighted by Gasteiger charge is 2.04. The second-order valence-corrected chi connectivity index (χ2v) is 5.33. The maximum atomic E-state index is 3.53. The minimum atomic E-state index is 0.442. The van der Waals surface area contributed by atoms with E-state index in [1.54, 1.807) is 0 Å². The molecule has 2 heteroatoms. The zero-order chi connectivity index (χ0) is 11.3. The van der Waals surface area contributed by atoms with Crippen LogP contribution in [0.2, 0.25) is 0 Å². The Labute approximate surface area is 101 Å². The first-order valence-electron chi connectivity index (χ1n) is 5.58. The van der Waals surface area contributed by atoms with Crippen LogP contribution in [0.1, 0.15) is 38.8 Å². The van der Waals surface area contributed by atoms with Crippen molar-refractivity contribution in [2.24, 2.45) is 5.92 Å². The Hall–Kier alpha value is -0.340. The molecular weight excluding hydrogens is 250 g/mol. The molecule has 0 fully saturated rings. The van der Waals surface area contributed by atoms with Gasteiger partial charge in [0, 0.05) is 10.5 Å². The third-order valence-corrected chi connectivity index (χ3v) is 3.07. The first-order valence-corrected chi connectivity index (χ1v) is 6.37. The maximum Gasteiger partial charge on any atom is 0.0291 e. The van der Waals surface area contributed by atoms with Gasteiger partial charge in [0.15, 0.2) is 0 Å². The van der Waals surface area contributed by atoms with E-state index in [4.69, 9.17) is 0 Å². The summed E-state index contributed by atoms with van der Waals surface area (Å²) in [6.07, 6.45) is 1.24. The summed E-state index contributed by atoms with van der Waals surface area (Å²) in [5.74, 6) is 0.773. The van der Waals surface area contributed by atoms with E-state index in [0.717, 1.165) is 16.9 Å². The highest BCUT2D eigenvalue weighted by Crippen LogP contribution is 2.16. The van der Waals surface area contributed by atoms with Crippen molar-refractivity contribution < 1.29 is 0 Å². The summed E-state index contributed by atoms with van der Waals surface area (Å²) in [5, 5.41) is 3.53. The average molecular weight is 270 g/mol. The van der Waals surface area contributed by atoms with Gasteiger partial charge in [0.25, 0.3) is 0 Å². The van der Waals surface area contributed by atoms with E-state index >= 15 is 0 Å². The van der Waals surface area contributed by atoms with E-state index in [0.29, 0.717) is 6.04 Å². The van der Waals surface area contributed by atoms with Crippen LogP contribution >= 0.6 is 15.9 Å². The lowest BCUT2D eigenvalue weighted by Crippen LogP contribution is -2.20. The molecule has 1 aromatic carbocycles. The van der Waals surface area contributed by atoms with Gasteiger partial charge < -0.3 is 5.32 Å². The molecule has 84 valence electrons. The first-order chi connectivity index (χ1) is 7.09. The van der Waals surface area contributed by atoms with Crippen LogP contribution in [-0.2, 0) is 0 Å². The third kappa shape index (κ3) is 4.80. The van der Waals surface area contributed by atoms with Crippen LogP contribution in [0.25, 0.3) is 0 Å². The van der Waals surface area contributed by atoms with Crippen molar-refractivity contribution >= 4 is 15.9 Å². The highest BCUT2D eigenvalue weighted by molar-refractivity contribution is 9.10. The maximum absolute atomic E-state index is 3.53. The monoisotopic (exact) mass is 269 g/mol. The van der Waals surface area contributed by atoms with Gasteiger partial charge in [-0.15, -0.1) is 0 Å². The fraction of sp³-hybridized carbons (Fsp3) is 0.538. The third-order valence-electron chi connectivity index (χ3n) is 2.54. The summed E-state index contributed by atoms with van der Waals surface area (Å²) in [5.41, 5.74) is 1.35. The smallest absolute Gasteiger partial charge is 0.0291 e. The van der Waals surface area contributed by atoms with Gasteiger partial charge in [-0.2, -0.15) is 0 Å². The van der Waals surface area contributed by atoms with Gasteiger partial charge in [-0.05, 0) is 43.5 Å². The summed E-state index contributed by atoms with van der Waals surface area (Å²) in [6.45, 7) is 7.82. The molecule has 0 aliphatic rings. The lowest BCUT2D eigenvalue weighted by atomic mass is 10.1. The van der Waals surface area contributed by atoms with Crippen molar-refractivity contribution in [3.63, 3.8) is 0 Å². The van der Waals surface area contributed by atoms with Crippen molar-refractivity contribution in [3.05, 3.63) is 34.3 Å². The number of rotatable bonds is 5. The Morgan fingerprint density at radius 1 is 1.13 bits per heavy atom. The van der Waals surface area contributed by atoms with Gasteiger partial charge in [0.2, 0.25) is 0 Å². The quantitative estimate of drug-likeness (QED) is 0.847. The molecule has 0 heterocycles. The number of benzene rings is 1. The molecule has 0 spiro atoms.